The van der Waals surface area contributed by atoms with Crippen LogP contribution in [0.2, 0.25) is 0 Å². The average Bonchev–Trinajstić information content (AvgIpc) is 2.40. The van der Waals surface area contributed by atoms with Gasteiger partial charge in [-0.15, -0.1) is 0 Å². The Morgan fingerprint density at radius 1 is 1.21 bits per heavy atom. The van der Waals surface area contributed by atoms with Gasteiger partial charge in [0.05, 0.1) is 0 Å². The van der Waals surface area contributed by atoms with E-state index in [1.54, 1.807) is 30.3 Å². The molecule has 2 rings (SSSR count). The molecule has 0 bridgehead atoms. The van der Waals surface area contributed by atoms with E-state index in [1.165, 1.54) is 0 Å². The Kier molecular flexibility index (Phi) is 2.02. The number of fused-ring (bicyclic) bond motifs is 1. The van der Waals surface area contributed by atoms with Gasteiger partial charge in [0.25, 0.3) is 0 Å². The molecule has 0 amide bonds. The summed E-state index contributed by atoms with van der Waals surface area (Å²) in [7, 11) is 0. The van der Waals surface area contributed by atoms with E-state index in [1.807, 2.05) is 0 Å². The average molecular weight is 191 g/mol. The van der Waals surface area contributed by atoms with Gasteiger partial charge in [0.15, 0.2) is 11.5 Å². The van der Waals surface area contributed by atoms with Crippen molar-refractivity contribution in [2.24, 2.45) is 0 Å². The Morgan fingerprint density at radius 2 is 1.71 bits per heavy atom. The third-order valence-corrected chi connectivity index (χ3v) is 1.99. The van der Waals surface area contributed by atoms with Crippen molar-refractivity contribution in [3.63, 3.8) is 0 Å². The fraction of sp³-hybridized carbons (Fsp3) is 0.300. The quantitative estimate of drug-likeness (QED) is 0.613. The number of aliphatic hydroxyl groups is 1. The van der Waals surface area contributed by atoms with Crippen molar-refractivity contribution in [3.05, 3.63) is 24.3 Å². The lowest BCUT2D eigenvalue weighted by atomic mass is 10.1. The lowest BCUT2D eigenvalue weighted by molar-refractivity contribution is 0.0193. The van der Waals surface area contributed by atoms with Crippen molar-refractivity contribution >= 4 is 0 Å². The molecule has 0 unspecified atom stereocenters. The van der Waals surface area contributed by atoms with Crippen LogP contribution in [0.5, 0.6) is 11.5 Å². The monoisotopic (exact) mass is 191 g/mol. The van der Waals surface area contributed by atoms with E-state index >= 15 is 0 Å². The van der Waals surface area contributed by atoms with Gasteiger partial charge in [-0.05, 0) is 12.1 Å². The van der Waals surface area contributed by atoms with Gasteiger partial charge in [-0.3, -0.25) is 0 Å². The van der Waals surface area contributed by atoms with Gasteiger partial charge in [-0.1, -0.05) is 12.1 Å². The molecule has 1 heterocycles. The molecule has 4 nitrogen and oxygen atoms in total. The van der Waals surface area contributed by atoms with Crippen molar-refractivity contribution < 1.29 is 14.6 Å². The Hall–Kier alpha value is -1.73. The third-order valence-electron chi connectivity index (χ3n) is 1.99. The molecule has 72 valence electrons. The van der Waals surface area contributed by atoms with Crippen LogP contribution in [0.1, 0.15) is 0 Å². The second kappa shape index (κ2) is 3.20. The molecule has 1 aliphatic heterocycles. The summed E-state index contributed by atoms with van der Waals surface area (Å²) in [5, 5.41) is 18.3. The zero-order chi connectivity index (χ0) is 10.0. The van der Waals surface area contributed by atoms with Crippen LogP contribution in [0.15, 0.2) is 24.3 Å². The zero-order valence-electron chi connectivity index (χ0n) is 7.43. The summed E-state index contributed by atoms with van der Waals surface area (Å²) in [4.78, 5) is 0. The van der Waals surface area contributed by atoms with Crippen LogP contribution in [-0.2, 0) is 0 Å². The molecule has 14 heavy (non-hydrogen) atoms. The second-order valence-corrected chi connectivity index (χ2v) is 3.17. The fourth-order valence-corrected chi connectivity index (χ4v) is 1.19. The Labute approximate surface area is 81.3 Å². The molecular formula is C10H9NO3. The van der Waals surface area contributed by atoms with Crippen LogP contribution < -0.4 is 9.47 Å². The van der Waals surface area contributed by atoms with Crippen LogP contribution in [0.4, 0.5) is 0 Å². The molecule has 4 heteroatoms. The highest BCUT2D eigenvalue weighted by Gasteiger charge is 2.32. The normalized spacial score (nSPS) is 18.0. The molecule has 1 N–H and O–H groups in total. The van der Waals surface area contributed by atoms with Crippen LogP contribution in [0, 0.1) is 11.3 Å². The molecule has 0 spiro atoms. The molecule has 0 atom stereocenters. The number of hydrogen-bond donors (Lipinski definition) is 1. The van der Waals surface area contributed by atoms with Crippen molar-refractivity contribution in [1.29, 1.82) is 5.26 Å². The third kappa shape index (κ3) is 1.50. The van der Waals surface area contributed by atoms with Gasteiger partial charge < -0.3 is 14.6 Å². The van der Waals surface area contributed by atoms with E-state index in [0.29, 0.717) is 11.5 Å². The summed E-state index contributed by atoms with van der Waals surface area (Å²) in [6, 6.07) is 8.84. The Balaban J connectivity index is 2.27. The van der Waals surface area contributed by atoms with Gasteiger partial charge in [0, 0.05) is 0 Å². The lowest BCUT2D eigenvalue weighted by Gasteiger charge is -2.15. The van der Waals surface area contributed by atoms with E-state index < -0.39 is 5.60 Å². The SMILES string of the molecule is N#CC1(O)COc2ccccc2OC1. The maximum Gasteiger partial charge on any atom is 0.219 e. The van der Waals surface area contributed by atoms with E-state index in [2.05, 4.69) is 0 Å². The molecule has 0 fully saturated rings. The second-order valence-electron chi connectivity index (χ2n) is 3.17. The molecule has 1 aliphatic rings. The number of nitriles is 1. The van der Waals surface area contributed by atoms with Gasteiger partial charge in [0.2, 0.25) is 5.60 Å². The summed E-state index contributed by atoms with van der Waals surface area (Å²) >= 11 is 0. The van der Waals surface area contributed by atoms with Gasteiger partial charge in [0.1, 0.15) is 19.3 Å². The number of nitrogens with zero attached hydrogens (tertiary/aromatic N) is 1. The molecular weight excluding hydrogens is 182 g/mol. The van der Waals surface area contributed by atoms with Crippen molar-refractivity contribution in [2.45, 2.75) is 5.60 Å². The Morgan fingerprint density at radius 3 is 2.14 bits per heavy atom. The van der Waals surface area contributed by atoms with Gasteiger partial charge in [-0.25, -0.2) is 0 Å². The summed E-state index contributed by atoms with van der Waals surface area (Å²) in [6.45, 7) is -0.138. The highest BCUT2D eigenvalue weighted by molar-refractivity contribution is 5.40. The van der Waals surface area contributed by atoms with Gasteiger partial charge in [-0.2, -0.15) is 5.26 Å². The molecule has 0 aliphatic carbocycles. The molecule has 0 saturated carbocycles. The van der Waals surface area contributed by atoms with Crippen molar-refractivity contribution in [2.75, 3.05) is 13.2 Å². The van der Waals surface area contributed by atoms with E-state index in [0.717, 1.165) is 0 Å². The number of rotatable bonds is 0. The first-order valence-electron chi connectivity index (χ1n) is 4.22. The summed E-state index contributed by atoms with van der Waals surface area (Å²) in [6.07, 6.45) is 0. The van der Waals surface area contributed by atoms with E-state index in [4.69, 9.17) is 14.7 Å². The predicted octanol–water partition coefficient (Wildman–Crippen LogP) is 0.712. The first-order valence-corrected chi connectivity index (χ1v) is 4.22. The smallest absolute Gasteiger partial charge is 0.219 e. The highest BCUT2D eigenvalue weighted by Crippen LogP contribution is 2.30. The Bertz CT molecular complexity index is 356. The number of benzene rings is 1. The fourth-order valence-electron chi connectivity index (χ4n) is 1.19. The van der Waals surface area contributed by atoms with Crippen LogP contribution in [-0.4, -0.2) is 23.9 Å². The number of para-hydroxylation sites is 2. The summed E-state index contributed by atoms with van der Waals surface area (Å²) < 4.78 is 10.5. The summed E-state index contributed by atoms with van der Waals surface area (Å²) in [5.74, 6) is 1.11. The molecule has 1 aromatic carbocycles. The number of ether oxygens (including phenoxy) is 2. The maximum atomic E-state index is 9.62. The largest absolute Gasteiger partial charge is 0.485 e. The molecule has 1 aromatic rings. The lowest BCUT2D eigenvalue weighted by Crippen LogP contribution is -2.39. The summed E-state index contributed by atoms with van der Waals surface area (Å²) in [5.41, 5.74) is -1.56. The van der Waals surface area contributed by atoms with E-state index in [-0.39, 0.29) is 13.2 Å². The predicted molar refractivity (Wildman–Crippen MR) is 48.0 cm³/mol. The standard InChI is InChI=1S/C10H9NO3/c11-5-10(12)6-13-8-3-1-2-4-9(8)14-7-10/h1-4,12H,6-7H2. The zero-order valence-corrected chi connectivity index (χ0v) is 7.43. The van der Waals surface area contributed by atoms with Gasteiger partial charge >= 0.3 is 0 Å². The van der Waals surface area contributed by atoms with Crippen LogP contribution >= 0.6 is 0 Å². The molecule has 0 saturated heterocycles. The minimum atomic E-state index is -1.56. The topological polar surface area (TPSA) is 62.5 Å². The molecule has 0 aromatic heterocycles. The highest BCUT2D eigenvalue weighted by atomic mass is 16.6. The van der Waals surface area contributed by atoms with E-state index in [9.17, 15) is 5.11 Å². The minimum Gasteiger partial charge on any atom is -0.485 e. The van der Waals surface area contributed by atoms with Crippen molar-refractivity contribution in [1.82, 2.24) is 0 Å². The minimum absolute atomic E-state index is 0.0689. The maximum absolute atomic E-state index is 9.62. The van der Waals surface area contributed by atoms with Crippen molar-refractivity contribution in [3.8, 4) is 17.6 Å². The van der Waals surface area contributed by atoms with Crippen LogP contribution in [0.3, 0.4) is 0 Å². The number of hydrogen-bond acceptors (Lipinski definition) is 4. The first kappa shape index (κ1) is 8.85. The van der Waals surface area contributed by atoms with Crippen LogP contribution in [0.25, 0.3) is 0 Å². The molecule has 0 radical (unpaired) electrons. The first-order chi connectivity index (χ1) is 6.73.